The molecule has 0 aliphatic carbocycles. The number of carbonyl (C=O) groups is 3. The average Bonchev–Trinajstić information content (AvgIpc) is 3.11. The summed E-state index contributed by atoms with van der Waals surface area (Å²) in [6.45, 7) is 9.98. The molecule has 10 heteroatoms. The molecule has 1 heterocycles. The highest BCUT2D eigenvalue weighted by molar-refractivity contribution is 7.18. The zero-order chi connectivity index (χ0) is 24.5. The fourth-order valence-corrected chi connectivity index (χ4v) is 4.14. The van der Waals surface area contributed by atoms with Gasteiger partial charge in [0.05, 0.1) is 39.1 Å². The van der Waals surface area contributed by atoms with Gasteiger partial charge in [0.1, 0.15) is 9.88 Å². The smallest absolute Gasteiger partial charge is 0.348 e. The van der Waals surface area contributed by atoms with Crippen LogP contribution < -0.4 is 19.5 Å². The minimum atomic E-state index is -0.645. The Kier molecular flexibility index (Phi) is 9.53. The lowest BCUT2D eigenvalue weighted by molar-refractivity contribution is 0.0527. The predicted molar refractivity (Wildman–Crippen MR) is 124 cm³/mol. The Balaban J connectivity index is 2.52. The Morgan fingerprint density at radius 1 is 0.879 bits per heavy atom. The lowest BCUT2D eigenvalue weighted by Crippen LogP contribution is -2.15. The molecule has 0 saturated heterocycles. The summed E-state index contributed by atoms with van der Waals surface area (Å²) in [6.07, 6.45) is 0. The van der Waals surface area contributed by atoms with Gasteiger partial charge in [0.2, 0.25) is 5.75 Å². The highest BCUT2D eigenvalue weighted by Crippen LogP contribution is 2.40. The molecule has 2 aromatic rings. The molecule has 1 aromatic heterocycles. The summed E-state index contributed by atoms with van der Waals surface area (Å²) in [5, 5.41) is 2.90. The monoisotopic (exact) mass is 479 g/mol. The summed E-state index contributed by atoms with van der Waals surface area (Å²) < 4.78 is 26.9. The molecule has 0 bridgehead atoms. The molecule has 0 radical (unpaired) electrons. The van der Waals surface area contributed by atoms with Crippen molar-refractivity contribution in [2.24, 2.45) is 0 Å². The van der Waals surface area contributed by atoms with Crippen LogP contribution in [0.5, 0.6) is 17.2 Å². The molecule has 0 fully saturated rings. The van der Waals surface area contributed by atoms with Crippen LogP contribution in [-0.2, 0) is 9.47 Å². The second-order valence-electron chi connectivity index (χ2n) is 6.53. The summed E-state index contributed by atoms with van der Waals surface area (Å²) in [5.41, 5.74) is 0.708. The van der Waals surface area contributed by atoms with Crippen LogP contribution in [0.2, 0.25) is 0 Å². The van der Waals surface area contributed by atoms with Gasteiger partial charge in [0, 0.05) is 5.56 Å². The maximum atomic E-state index is 13.2. The molecule has 1 aromatic carbocycles. The number of hydrogen-bond acceptors (Lipinski definition) is 9. The molecular formula is C23H29NO8S. The van der Waals surface area contributed by atoms with Gasteiger partial charge in [0.25, 0.3) is 5.91 Å². The minimum absolute atomic E-state index is 0.108. The summed E-state index contributed by atoms with van der Waals surface area (Å²) >= 11 is 0.942. The zero-order valence-corrected chi connectivity index (χ0v) is 20.5. The van der Waals surface area contributed by atoms with Crippen molar-refractivity contribution in [3.8, 4) is 17.2 Å². The Hall–Kier alpha value is -3.27. The van der Waals surface area contributed by atoms with E-state index in [-0.39, 0.29) is 27.6 Å². The summed E-state index contributed by atoms with van der Waals surface area (Å²) in [5.74, 6) is -0.652. The minimum Gasteiger partial charge on any atom is -0.490 e. The van der Waals surface area contributed by atoms with Gasteiger partial charge in [-0.2, -0.15) is 0 Å². The third-order valence-electron chi connectivity index (χ3n) is 4.40. The standard InChI is InChI=1S/C23H29NO8S/c1-7-29-15-11-14(12-16(30-8-2)18(15)31-9-3)20(25)24-21-17(22(26)32-10-4)13(5)19(33-21)23(27)28-6/h11-12H,7-10H2,1-6H3,(H,24,25). The van der Waals surface area contributed by atoms with Gasteiger partial charge < -0.3 is 29.0 Å². The lowest BCUT2D eigenvalue weighted by Gasteiger charge is -2.17. The zero-order valence-electron chi connectivity index (χ0n) is 19.7. The van der Waals surface area contributed by atoms with Crippen LogP contribution in [0.1, 0.15) is 63.6 Å². The van der Waals surface area contributed by atoms with E-state index in [1.807, 2.05) is 20.8 Å². The lowest BCUT2D eigenvalue weighted by atomic mass is 10.1. The van der Waals surface area contributed by atoms with Crippen molar-refractivity contribution < 1.29 is 38.1 Å². The van der Waals surface area contributed by atoms with Crippen LogP contribution in [0.25, 0.3) is 0 Å². The van der Waals surface area contributed by atoms with Crippen LogP contribution in [0.3, 0.4) is 0 Å². The summed E-state index contributed by atoms with van der Waals surface area (Å²) in [4.78, 5) is 38.1. The first-order valence-electron chi connectivity index (χ1n) is 10.6. The van der Waals surface area contributed by atoms with Crippen LogP contribution in [0.4, 0.5) is 5.00 Å². The van der Waals surface area contributed by atoms with Crippen molar-refractivity contribution in [3.05, 3.63) is 33.7 Å². The molecule has 0 saturated carbocycles. The highest BCUT2D eigenvalue weighted by Gasteiger charge is 2.28. The molecule has 1 N–H and O–H groups in total. The first kappa shape index (κ1) is 26.0. The van der Waals surface area contributed by atoms with E-state index in [4.69, 9.17) is 23.7 Å². The number of esters is 2. The van der Waals surface area contributed by atoms with Crippen LogP contribution >= 0.6 is 11.3 Å². The van der Waals surface area contributed by atoms with Crippen LogP contribution in [-0.4, -0.2) is 51.4 Å². The number of rotatable bonds is 11. The molecular weight excluding hydrogens is 450 g/mol. The van der Waals surface area contributed by atoms with Crippen molar-refractivity contribution in [1.29, 1.82) is 0 Å². The summed E-state index contributed by atoms with van der Waals surface area (Å²) in [6, 6.07) is 3.08. The van der Waals surface area contributed by atoms with Gasteiger partial charge in [-0.1, -0.05) is 0 Å². The fraction of sp³-hybridized carbons (Fsp3) is 0.435. The Morgan fingerprint density at radius 3 is 1.94 bits per heavy atom. The van der Waals surface area contributed by atoms with Gasteiger partial charge in [-0.3, -0.25) is 4.79 Å². The molecule has 0 atom stereocenters. The molecule has 0 spiro atoms. The number of hydrogen-bond donors (Lipinski definition) is 1. The van der Waals surface area contributed by atoms with Crippen molar-refractivity contribution in [1.82, 2.24) is 0 Å². The van der Waals surface area contributed by atoms with E-state index >= 15 is 0 Å². The number of benzene rings is 1. The predicted octanol–water partition coefficient (Wildman–Crippen LogP) is 4.47. The third-order valence-corrected chi connectivity index (χ3v) is 5.58. The molecule has 180 valence electrons. The second kappa shape index (κ2) is 12.1. The van der Waals surface area contributed by atoms with E-state index in [9.17, 15) is 14.4 Å². The van der Waals surface area contributed by atoms with E-state index in [1.165, 1.54) is 19.2 Å². The van der Waals surface area contributed by atoms with Gasteiger partial charge in [-0.25, -0.2) is 9.59 Å². The highest BCUT2D eigenvalue weighted by atomic mass is 32.1. The molecule has 0 aliphatic rings. The maximum absolute atomic E-state index is 13.2. The number of methoxy groups -OCH3 is 1. The molecule has 1 amide bonds. The SMILES string of the molecule is CCOC(=O)c1c(NC(=O)c2cc(OCC)c(OCC)c(OCC)c2)sc(C(=O)OC)c1C. The van der Waals surface area contributed by atoms with E-state index < -0.39 is 17.8 Å². The normalized spacial score (nSPS) is 10.4. The van der Waals surface area contributed by atoms with Crippen molar-refractivity contribution in [2.45, 2.75) is 34.6 Å². The largest absolute Gasteiger partial charge is 0.490 e. The fourth-order valence-electron chi connectivity index (χ4n) is 3.03. The quantitative estimate of drug-likeness (QED) is 0.470. The Morgan fingerprint density at radius 2 is 1.45 bits per heavy atom. The van der Waals surface area contributed by atoms with Crippen molar-refractivity contribution in [2.75, 3.05) is 38.9 Å². The van der Waals surface area contributed by atoms with Crippen LogP contribution in [0, 0.1) is 6.92 Å². The Labute approximate surface area is 196 Å². The number of nitrogens with one attached hydrogen (secondary N) is 1. The van der Waals surface area contributed by atoms with Crippen LogP contribution in [0.15, 0.2) is 12.1 Å². The second-order valence-corrected chi connectivity index (χ2v) is 7.55. The Bertz CT molecular complexity index is 987. The average molecular weight is 480 g/mol. The topological polar surface area (TPSA) is 109 Å². The number of amides is 1. The third kappa shape index (κ3) is 5.95. The van der Waals surface area contributed by atoms with E-state index in [0.717, 1.165) is 11.3 Å². The molecule has 0 aliphatic heterocycles. The van der Waals surface area contributed by atoms with Crippen molar-refractivity contribution >= 4 is 34.2 Å². The van der Waals surface area contributed by atoms with E-state index in [2.05, 4.69) is 5.32 Å². The number of thiophene rings is 1. The van der Waals surface area contributed by atoms with E-state index in [0.29, 0.717) is 42.6 Å². The van der Waals surface area contributed by atoms with Gasteiger partial charge in [-0.05, 0) is 52.3 Å². The van der Waals surface area contributed by atoms with Crippen molar-refractivity contribution in [3.63, 3.8) is 0 Å². The first-order valence-corrected chi connectivity index (χ1v) is 11.4. The molecule has 9 nitrogen and oxygen atoms in total. The van der Waals surface area contributed by atoms with Gasteiger partial charge in [-0.15, -0.1) is 11.3 Å². The van der Waals surface area contributed by atoms with Gasteiger partial charge in [0.15, 0.2) is 11.5 Å². The molecule has 2 rings (SSSR count). The molecule has 33 heavy (non-hydrogen) atoms. The first-order chi connectivity index (χ1) is 15.8. The maximum Gasteiger partial charge on any atom is 0.348 e. The number of anilines is 1. The molecule has 0 unspecified atom stereocenters. The number of ether oxygens (including phenoxy) is 5. The van der Waals surface area contributed by atoms with E-state index in [1.54, 1.807) is 13.8 Å². The number of carbonyl (C=O) groups excluding carboxylic acids is 3. The summed E-state index contributed by atoms with van der Waals surface area (Å²) in [7, 11) is 1.24. The van der Waals surface area contributed by atoms with Gasteiger partial charge >= 0.3 is 11.9 Å².